The number of aryl methyl sites for hydroxylation is 2. The number of halogens is 2. The van der Waals surface area contributed by atoms with Gasteiger partial charge < -0.3 is 0 Å². The summed E-state index contributed by atoms with van der Waals surface area (Å²) >= 11 is 20.3. The third-order valence-electron chi connectivity index (χ3n) is 20.0. The minimum absolute atomic E-state index is 0.141. The number of nitrogens with zero attached hydrogens (tertiary/aromatic N) is 2. The second kappa shape index (κ2) is 36.6. The number of hydrogen-bond acceptors (Lipinski definition) is 9. The number of benzene rings is 4. The first-order chi connectivity index (χ1) is 46.7. The third kappa shape index (κ3) is 18.0. The number of unbranched alkanes of at least 4 members (excludes halogenated alkanes) is 20. The van der Waals surface area contributed by atoms with E-state index in [1.54, 1.807) is 22.7 Å². The summed E-state index contributed by atoms with van der Waals surface area (Å²) in [7, 11) is 0. The van der Waals surface area contributed by atoms with Crippen molar-refractivity contribution in [2.24, 2.45) is 11.8 Å². The molecule has 11 aromatic rings. The zero-order valence-corrected chi connectivity index (χ0v) is 64.2. The Balaban J connectivity index is 1.03. The van der Waals surface area contributed by atoms with Gasteiger partial charge in [0.25, 0.3) is 0 Å². The fourth-order valence-corrected chi connectivity index (χ4v) is 22.9. The van der Waals surface area contributed by atoms with E-state index in [1.807, 2.05) is 45.3 Å². The quantitative estimate of drug-likeness (QED) is 0.0357. The van der Waals surface area contributed by atoms with E-state index in [2.05, 4.69) is 151 Å². The van der Waals surface area contributed by atoms with Gasteiger partial charge in [0.05, 0.1) is 22.3 Å². The Hall–Kier alpha value is -4.36. The molecule has 11 heteroatoms. The van der Waals surface area contributed by atoms with Gasteiger partial charge in [-0.3, -0.25) is 0 Å². The molecule has 0 radical (unpaired) electrons. The van der Waals surface area contributed by atoms with Gasteiger partial charge >= 0.3 is 0 Å². The second-order valence-electron chi connectivity index (χ2n) is 27.1. The standard InChI is InChI=1S/C84H102ClFN2S7/c1-7-13-17-19-21-23-25-27-29-33-45-61-53-71(92-81(61)60-43-37-32-38-44-60)76-78(86)77(85)75(79-80(76)88-95-87-79)70-54-62(46-34-30-28-26-24-22-20-18-14-8-2)82(93-70)72-56-66-74(68-50-48-64(90-68)52-58(12-6)40-16-10-4)83-65(55-69(91-83)59-41-35-31-36-42-59)73(84(66)94-72)67-49-47-63(89-67)51-57(11-5)39-15-9-3/h31-32,35-38,41-44,47-50,53-58H,7-30,33-34,39-40,45-46,51-52H2,1-6H3. The Morgan fingerprint density at radius 1 is 0.379 bits per heavy atom. The Bertz CT molecular complexity index is 4020. The zero-order valence-electron chi connectivity index (χ0n) is 57.7. The summed E-state index contributed by atoms with van der Waals surface area (Å²) in [5.74, 6) is 0.973. The van der Waals surface area contributed by atoms with Crippen LogP contribution in [0.1, 0.15) is 242 Å². The van der Waals surface area contributed by atoms with Crippen LogP contribution in [-0.4, -0.2) is 8.75 Å². The highest BCUT2D eigenvalue weighted by Gasteiger charge is 2.30. The molecule has 2 atom stereocenters. The number of fused-ring (bicyclic) bond motifs is 3. The third-order valence-corrected chi connectivity index (χ3v) is 28.1. The number of hydrogen-bond donors (Lipinski definition) is 0. The van der Waals surface area contributed by atoms with Crippen LogP contribution < -0.4 is 0 Å². The van der Waals surface area contributed by atoms with E-state index >= 15 is 4.39 Å². The van der Waals surface area contributed by atoms with Crippen molar-refractivity contribution in [2.45, 2.75) is 247 Å². The van der Waals surface area contributed by atoms with Gasteiger partial charge in [-0.2, -0.15) is 8.75 Å². The van der Waals surface area contributed by atoms with E-state index < -0.39 is 5.82 Å². The SMILES string of the molecule is CCCCCCCCCCCCc1cc(-c2c(F)c(Cl)c(-c3cc(CCCCCCCCCCCC)c(-c4cc5c(-c6ccc(CC(CC)CCCC)s6)c6sc(-c7ccccc7)cc6c(-c6ccc(CC(CC)CCCC)s6)c5s4)s3)c3nsnc23)sc1-c1ccccc1. The molecule has 0 saturated heterocycles. The predicted octanol–water partition coefficient (Wildman–Crippen LogP) is 31.3. The molecular formula is C84H102ClFN2S7. The minimum Gasteiger partial charge on any atom is -0.205 e. The van der Waals surface area contributed by atoms with E-state index in [-0.39, 0.29) is 5.02 Å². The maximum Gasteiger partial charge on any atom is 0.153 e. The van der Waals surface area contributed by atoms with Crippen molar-refractivity contribution in [1.29, 1.82) is 0 Å². The molecule has 504 valence electrons. The van der Waals surface area contributed by atoms with Crippen LogP contribution >= 0.6 is 91.3 Å². The molecule has 0 saturated carbocycles. The molecule has 7 aromatic heterocycles. The summed E-state index contributed by atoms with van der Waals surface area (Å²) in [6.45, 7) is 14.0. The molecule has 0 aliphatic heterocycles. The van der Waals surface area contributed by atoms with Crippen LogP contribution in [0, 0.1) is 17.7 Å². The van der Waals surface area contributed by atoms with Gasteiger partial charge in [0.15, 0.2) is 5.82 Å². The first-order valence-corrected chi connectivity index (χ1v) is 43.0. The molecular weight excluding hydrogens is 1320 g/mol. The fourth-order valence-electron chi connectivity index (χ4n) is 14.3. The van der Waals surface area contributed by atoms with Gasteiger partial charge in [-0.25, -0.2) is 4.39 Å². The van der Waals surface area contributed by atoms with Crippen LogP contribution in [0.5, 0.6) is 0 Å². The van der Waals surface area contributed by atoms with Crippen molar-refractivity contribution in [3.8, 4) is 72.4 Å². The largest absolute Gasteiger partial charge is 0.205 e. The van der Waals surface area contributed by atoms with Crippen molar-refractivity contribution >= 4 is 123 Å². The Morgan fingerprint density at radius 3 is 1.29 bits per heavy atom. The highest BCUT2D eigenvalue weighted by atomic mass is 35.5. The molecule has 4 aromatic carbocycles. The lowest BCUT2D eigenvalue weighted by molar-refractivity contribution is 0.452. The van der Waals surface area contributed by atoms with Gasteiger partial charge in [0.2, 0.25) is 0 Å². The van der Waals surface area contributed by atoms with E-state index in [1.165, 1.54) is 271 Å². The van der Waals surface area contributed by atoms with Gasteiger partial charge in [-0.1, -0.05) is 281 Å². The number of rotatable bonds is 41. The summed E-state index contributed by atoms with van der Waals surface area (Å²) in [5, 5.41) is 2.83. The summed E-state index contributed by atoms with van der Waals surface area (Å²) in [5.41, 5.74) is 10.2. The summed E-state index contributed by atoms with van der Waals surface area (Å²) in [6.07, 6.45) is 39.9. The van der Waals surface area contributed by atoms with Crippen LogP contribution in [0.3, 0.4) is 0 Å². The molecule has 0 spiro atoms. The van der Waals surface area contributed by atoms with Gasteiger partial charge in [-0.05, 0) is 121 Å². The fraction of sp³-hybridized carbons (Fsp3) is 0.476. The maximum absolute atomic E-state index is 18.1. The van der Waals surface area contributed by atoms with Crippen molar-refractivity contribution in [2.75, 3.05) is 0 Å². The average molecular weight is 1420 g/mol. The first-order valence-electron chi connectivity index (χ1n) is 36.9. The van der Waals surface area contributed by atoms with Crippen LogP contribution in [0.4, 0.5) is 4.39 Å². The van der Waals surface area contributed by atoms with Crippen LogP contribution in [0.2, 0.25) is 5.02 Å². The summed E-state index contributed by atoms with van der Waals surface area (Å²) in [6, 6.07) is 41.3. The molecule has 95 heavy (non-hydrogen) atoms. The van der Waals surface area contributed by atoms with Gasteiger partial charge in [0.1, 0.15) is 11.0 Å². The van der Waals surface area contributed by atoms with E-state index in [4.69, 9.17) is 20.3 Å². The molecule has 0 bridgehead atoms. The van der Waals surface area contributed by atoms with Crippen LogP contribution in [-0.2, 0) is 25.7 Å². The van der Waals surface area contributed by atoms with Crippen molar-refractivity contribution in [3.05, 3.63) is 141 Å². The molecule has 0 amide bonds. The van der Waals surface area contributed by atoms with Crippen LogP contribution in [0.25, 0.3) is 104 Å². The average Bonchev–Trinajstić information content (AvgIpc) is 1.59. The summed E-state index contributed by atoms with van der Waals surface area (Å²) < 4.78 is 30.9. The van der Waals surface area contributed by atoms with E-state index in [9.17, 15) is 0 Å². The molecule has 11 rings (SSSR count). The first kappa shape index (κ1) is 71.9. The van der Waals surface area contributed by atoms with Gasteiger partial charge in [0, 0.05) is 85.6 Å². The molecule has 2 nitrogen and oxygen atoms in total. The zero-order chi connectivity index (χ0) is 65.9. The van der Waals surface area contributed by atoms with Crippen LogP contribution in [0.15, 0.2) is 109 Å². The molecule has 0 aliphatic rings. The molecule has 7 heterocycles. The van der Waals surface area contributed by atoms with E-state index in [0.29, 0.717) is 34.0 Å². The van der Waals surface area contributed by atoms with Crippen molar-refractivity contribution in [3.63, 3.8) is 0 Å². The highest BCUT2D eigenvalue weighted by molar-refractivity contribution is 7.29. The monoisotopic (exact) mass is 1420 g/mol. The maximum atomic E-state index is 18.1. The Labute approximate surface area is 602 Å². The predicted molar refractivity (Wildman–Crippen MR) is 428 cm³/mol. The van der Waals surface area contributed by atoms with Gasteiger partial charge in [-0.15, -0.1) is 68.0 Å². The lowest BCUT2D eigenvalue weighted by Crippen LogP contribution is -2.01. The lowest BCUT2D eigenvalue weighted by Gasteiger charge is -2.13. The van der Waals surface area contributed by atoms with E-state index in [0.717, 1.165) is 48.3 Å². The molecule has 0 fully saturated rings. The normalized spacial score (nSPS) is 12.6. The second-order valence-corrected chi connectivity index (χ2v) is 34.5. The minimum atomic E-state index is -0.401. The lowest BCUT2D eigenvalue weighted by atomic mass is 9.95. The highest BCUT2D eigenvalue weighted by Crippen LogP contribution is 2.57. The number of thiophene rings is 6. The van der Waals surface area contributed by atoms with Crippen molar-refractivity contribution < 1.29 is 4.39 Å². The topological polar surface area (TPSA) is 25.8 Å². The Kier molecular flexibility index (Phi) is 27.7. The molecule has 0 N–H and O–H groups in total. The Morgan fingerprint density at radius 2 is 0.800 bits per heavy atom. The molecule has 0 aliphatic carbocycles. The van der Waals surface area contributed by atoms with Crippen molar-refractivity contribution in [1.82, 2.24) is 8.75 Å². The smallest absolute Gasteiger partial charge is 0.153 e. The summed E-state index contributed by atoms with van der Waals surface area (Å²) in [4.78, 5) is 12.6. The number of aromatic nitrogens is 2. The molecule has 2 unspecified atom stereocenters.